The van der Waals surface area contributed by atoms with Gasteiger partial charge in [0.25, 0.3) is 5.91 Å². The normalized spacial score (nSPS) is 9.64. The van der Waals surface area contributed by atoms with Crippen molar-refractivity contribution in [3.8, 4) is 5.75 Å². The van der Waals surface area contributed by atoms with Crippen molar-refractivity contribution in [2.45, 2.75) is 0 Å². The fraction of sp³-hybridized carbons (Fsp3) is 0.300. The molecule has 4 heteroatoms. The van der Waals surface area contributed by atoms with Gasteiger partial charge in [-0.05, 0) is 12.1 Å². The Morgan fingerprint density at radius 3 is 2.50 bits per heavy atom. The lowest BCUT2D eigenvalue weighted by Crippen LogP contribution is -2.18. The van der Waals surface area contributed by atoms with Crippen LogP contribution in [0.1, 0.15) is 10.4 Å². The SMILES string of the molecule is CNC(=O)c1cc(O)cc(N(C)C)c1. The summed E-state index contributed by atoms with van der Waals surface area (Å²) in [6.07, 6.45) is 0. The third kappa shape index (κ3) is 2.16. The Hall–Kier alpha value is -1.71. The van der Waals surface area contributed by atoms with E-state index in [-0.39, 0.29) is 11.7 Å². The molecular formula is C10H14N2O2. The van der Waals surface area contributed by atoms with Gasteiger partial charge < -0.3 is 15.3 Å². The highest BCUT2D eigenvalue weighted by Crippen LogP contribution is 2.21. The number of rotatable bonds is 2. The zero-order valence-corrected chi connectivity index (χ0v) is 8.53. The summed E-state index contributed by atoms with van der Waals surface area (Å²) in [6.45, 7) is 0. The van der Waals surface area contributed by atoms with Gasteiger partial charge >= 0.3 is 0 Å². The fourth-order valence-corrected chi connectivity index (χ4v) is 1.13. The lowest BCUT2D eigenvalue weighted by molar-refractivity contribution is 0.0962. The van der Waals surface area contributed by atoms with Crippen molar-refractivity contribution in [1.29, 1.82) is 0 Å². The van der Waals surface area contributed by atoms with E-state index in [0.29, 0.717) is 5.56 Å². The highest BCUT2D eigenvalue weighted by Gasteiger charge is 2.07. The van der Waals surface area contributed by atoms with Gasteiger partial charge in [0.05, 0.1) is 0 Å². The Morgan fingerprint density at radius 1 is 1.36 bits per heavy atom. The topological polar surface area (TPSA) is 52.6 Å². The number of anilines is 1. The van der Waals surface area contributed by atoms with Crippen molar-refractivity contribution in [3.63, 3.8) is 0 Å². The van der Waals surface area contributed by atoms with Gasteiger partial charge in [-0.15, -0.1) is 0 Å². The summed E-state index contributed by atoms with van der Waals surface area (Å²) in [5.41, 5.74) is 1.25. The largest absolute Gasteiger partial charge is 0.508 e. The number of phenolic OH excluding ortho intramolecular Hbond substituents is 1. The number of hydrogen-bond acceptors (Lipinski definition) is 3. The van der Waals surface area contributed by atoms with Gasteiger partial charge in [-0.3, -0.25) is 4.79 Å². The van der Waals surface area contributed by atoms with Crippen LogP contribution in [-0.4, -0.2) is 32.2 Å². The number of benzene rings is 1. The molecule has 4 nitrogen and oxygen atoms in total. The summed E-state index contributed by atoms with van der Waals surface area (Å²) in [6, 6.07) is 4.76. The molecule has 0 heterocycles. The molecule has 14 heavy (non-hydrogen) atoms. The van der Waals surface area contributed by atoms with Crippen molar-refractivity contribution in [2.24, 2.45) is 0 Å². The van der Waals surface area contributed by atoms with Crippen LogP contribution in [0.4, 0.5) is 5.69 Å². The zero-order valence-electron chi connectivity index (χ0n) is 8.53. The number of nitrogens with zero attached hydrogens (tertiary/aromatic N) is 1. The van der Waals surface area contributed by atoms with Gasteiger partial charge in [0, 0.05) is 38.5 Å². The van der Waals surface area contributed by atoms with E-state index in [1.807, 2.05) is 19.0 Å². The van der Waals surface area contributed by atoms with Crippen LogP contribution in [-0.2, 0) is 0 Å². The Bertz CT molecular complexity index is 348. The van der Waals surface area contributed by atoms with Gasteiger partial charge in [0.1, 0.15) is 5.75 Å². The Morgan fingerprint density at radius 2 is 2.00 bits per heavy atom. The number of nitrogens with one attached hydrogen (secondary N) is 1. The Balaban J connectivity index is 3.13. The van der Waals surface area contributed by atoms with Crippen LogP contribution in [0.25, 0.3) is 0 Å². The van der Waals surface area contributed by atoms with Gasteiger partial charge in [-0.1, -0.05) is 0 Å². The number of hydrogen-bond donors (Lipinski definition) is 2. The van der Waals surface area contributed by atoms with Crippen LogP contribution < -0.4 is 10.2 Å². The number of phenols is 1. The molecule has 0 radical (unpaired) electrons. The first-order chi connectivity index (χ1) is 6.54. The van der Waals surface area contributed by atoms with Crippen LogP contribution in [0.15, 0.2) is 18.2 Å². The highest BCUT2D eigenvalue weighted by molar-refractivity contribution is 5.95. The number of amides is 1. The number of aromatic hydroxyl groups is 1. The van der Waals surface area contributed by atoms with E-state index in [9.17, 15) is 9.90 Å². The second-order valence-electron chi connectivity index (χ2n) is 3.21. The second-order valence-corrected chi connectivity index (χ2v) is 3.21. The van der Waals surface area contributed by atoms with Gasteiger partial charge in [-0.2, -0.15) is 0 Å². The van der Waals surface area contributed by atoms with Gasteiger partial charge in [0.2, 0.25) is 0 Å². The maximum Gasteiger partial charge on any atom is 0.251 e. The summed E-state index contributed by atoms with van der Waals surface area (Å²) < 4.78 is 0. The molecule has 1 aromatic carbocycles. The van der Waals surface area contributed by atoms with E-state index >= 15 is 0 Å². The maximum atomic E-state index is 11.3. The van der Waals surface area contributed by atoms with Crippen LogP contribution >= 0.6 is 0 Å². The van der Waals surface area contributed by atoms with Crippen LogP contribution in [0.2, 0.25) is 0 Å². The first-order valence-electron chi connectivity index (χ1n) is 4.28. The minimum Gasteiger partial charge on any atom is -0.508 e. The molecule has 0 bridgehead atoms. The van der Waals surface area contributed by atoms with Gasteiger partial charge in [0.15, 0.2) is 0 Å². The van der Waals surface area contributed by atoms with Crippen molar-refractivity contribution < 1.29 is 9.90 Å². The molecule has 1 rings (SSSR count). The molecule has 0 atom stereocenters. The smallest absolute Gasteiger partial charge is 0.251 e. The molecule has 0 aromatic heterocycles. The molecular weight excluding hydrogens is 180 g/mol. The summed E-state index contributed by atoms with van der Waals surface area (Å²) >= 11 is 0. The molecule has 76 valence electrons. The van der Waals surface area contributed by atoms with E-state index in [1.165, 1.54) is 6.07 Å². The third-order valence-electron chi connectivity index (χ3n) is 1.91. The summed E-state index contributed by atoms with van der Waals surface area (Å²) in [5, 5.41) is 11.9. The predicted molar refractivity (Wildman–Crippen MR) is 55.8 cm³/mol. The molecule has 0 saturated heterocycles. The third-order valence-corrected chi connectivity index (χ3v) is 1.91. The maximum absolute atomic E-state index is 11.3. The molecule has 0 unspecified atom stereocenters. The second kappa shape index (κ2) is 4.00. The van der Waals surface area contributed by atoms with Crippen molar-refractivity contribution >= 4 is 11.6 Å². The molecule has 0 saturated carbocycles. The summed E-state index contributed by atoms with van der Waals surface area (Å²) in [7, 11) is 5.26. The van der Waals surface area contributed by atoms with Crippen LogP contribution in [0.3, 0.4) is 0 Å². The van der Waals surface area contributed by atoms with E-state index in [4.69, 9.17) is 0 Å². The van der Waals surface area contributed by atoms with E-state index in [1.54, 1.807) is 19.2 Å². The van der Waals surface area contributed by atoms with Gasteiger partial charge in [-0.25, -0.2) is 0 Å². The van der Waals surface area contributed by atoms with E-state index in [0.717, 1.165) is 5.69 Å². The summed E-state index contributed by atoms with van der Waals surface area (Å²) in [5.74, 6) is -0.112. The lowest BCUT2D eigenvalue weighted by atomic mass is 10.1. The highest BCUT2D eigenvalue weighted by atomic mass is 16.3. The lowest BCUT2D eigenvalue weighted by Gasteiger charge is -2.13. The average Bonchev–Trinajstić information content (AvgIpc) is 2.15. The molecule has 0 aliphatic rings. The zero-order chi connectivity index (χ0) is 10.7. The fourth-order valence-electron chi connectivity index (χ4n) is 1.13. The molecule has 0 spiro atoms. The van der Waals surface area contributed by atoms with E-state index < -0.39 is 0 Å². The predicted octanol–water partition coefficient (Wildman–Crippen LogP) is 0.818. The molecule has 0 aliphatic heterocycles. The quantitative estimate of drug-likeness (QED) is 0.732. The Labute approximate surface area is 83.2 Å². The molecule has 1 aromatic rings. The summed E-state index contributed by atoms with van der Waals surface area (Å²) in [4.78, 5) is 13.1. The first kappa shape index (κ1) is 10.4. The number of carbonyl (C=O) groups is 1. The van der Waals surface area contributed by atoms with Crippen molar-refractivity contribution in [1.82, 2.24) is 5.32 Å². The molecule has 1 amide bonds. The molecule has 0 fully saturated rings. The molecule has 2 N–H and O–H groups in total. The minimum absolute atomic E-state index is 0.0924. The minimum atomic E-state index is -0.205. The molecule has 0 aliphatic carbocycles. The van der Waals surface area contributed by atoms with E-state index in [2.05, 4.69) is 5.32 Å². The standard InChI is InChI=1S/C10H14N2O2/c1-11-10(14)7-4-8(12(2)3)6-9(13)5-7/h4-6,13H,1-3H3,(H,11,14). The monoisotopic (exact) mass is 194 g/mol. The number of carbonyl (C=O) groups excluding carboxylic acids is 1. The van der Waals surface area contributed by atoms with Crippen molar-refractivity contribution in [2.75, 3.05) is 26.0 Å². The van der Waals surface area contributed by atoms with Crippen LogP contribution in [0.5, 0.6) is 5.75 Å². The first-order valence-corrected chi connectivity index (χ1v) is 4.28. The van der Waals surface area contributed by atoms with Crippen LogP contribution in [0, 0.1) is 0 Å². The average molecular weight is 194 g/mol. The Kier molecular flexibility index (Phi) is 2.96. The van der Waals surface area contributed by atoms with Crippen molar-refractivity contribution in [3.05, 3.63) is 23.8 Å².